The summed E-state index contributed by atoms with van der Waals surface area (Å²) in [5.41, 5.74) is 3.39. The third kappa shape index (κ3) is 2.65. The van der Waals surface area contributed by atoms with E-state index in [0.717, 1.165) is 36.3 Å². The molecule has 0 aliphatic carbocycles. The molecule has 0 saturated carbocycles. The fourth-order valence-electron chi connectivity index (χ4n) is 2.56. The van der Waals surface area contributed by atoms with Crippen molar-refractivity contribution in [3.8, 4) is 0 Å². The predicted octanol–water partition coefficient (Wildman–Crippen LogP) is 3.31. The molecule has 3 rings (SSSR count). The highest BCUT2D eigenvalue weighted by molar-refractivity contribution is 5.65. The number of benzene rings is 2. The fraction of sp³-hybridized carbons (Fsp3) is 0.200. The Balaban J connectivity index is 1.84. The number of nitrogens with one attached hydrogen (secondary N) is 2. The maximum absolute atomic E-state index is 13.3. The second kappa shape index (κ2) is 5.40. The minimum atomic E-state index is -0.518. The van der Waals surface area contributed by atoms with E-state index in [-0.39, 0.29) is 11.4 Å². The van der Waals surface area contributed by atoms with Crippen molar-refractivity contribution < 1.29 is 9.31 Å². The number of rotatable bonds is 4. The Morgan fingerprint density at radius 2 is 2.19 bits per heavy atom. The molecule has 0 saturated heterocycles. The van der Waals surface area contributed by atoms with Crippen LogP contribution in [0.2, 0.25) is 0 Å². The molecule has 1 heterocycles. The van der Waals surface area contributed by atoms with Crippen LogP contribution in [-0.2, 0) is 13.0 Å². The molecule has 21 heavy (non-hydrogen) atoms. The minimum Gasteiger partial charge on any atom is -0.384 e. The molecule has 2 aromatic rings. The van der Waals surface area contributed by atoms with E-state index < -0.39 is 10.7 Å². The maximum Gasteiger partial charge on any atom is 0.292 e. The van der Waals surface area contributed by atoms with E-state index in [4.69, 9.17) is 0 Å². The zero-order chi connectivity index (χ0) is 14.8. The highest BCUT2D eigenvalue weighted by Gasteiger charge is 2.16. The van der Waals surface area contributed by atoms with Crippen molar-refractivity contribution in [2.24, 2.45) is 0 Å². The number of nitrogens with zero attached hydrogens (tertiary/aromatic N) is 1. The highest BCUT2D eigenvalue weighted by atomic mass is 19.1. The van der Waals surface area contributed by atoms with Gasteiger partial charge in [-0.1, -0.05) is 18.2 Å². The molecule has 0 atom stereocenters. The average Bonchev–Trinajstić information content (AvgIpc) is 2.93. The summed E-state index contributed by atoms with van der Waals surface area (Å²) in [4.78, 5) is 10.4. The summed E-state index contributed by atoms with van der Waals surface area (Å²) in [5, 5.41) is 17.2. The van der Waals surface area contributed by atoms with Gasteiger partial charge in [-0.05, 0) is 23.6 Å². The van der Waals surface area contributed by atoms with E-state index in [1.54, 1.807) is 0 Å². The zero-order valence-electron chi connectivity index (χ0n) is 11.2. The Bertz CT molecular complexity index is 703. The van der Waals surface area contributed by atoms with Crippen molar-refractivity contribution in [3.05, 3.63) is 63.5 Å². The van der Waals surface area contributed by atoms with Gasteiger partial charge in [0.05, 0.1) is 4.92 Å². The molecule has 0 aromatic heterocycles. The molecule has 0 radical (unpaired) electrons. The molecular formula is C15H14FN3O2. The summed E-state index contributed by atoms with van der Waals surface area (Å²) in [7, 11) is 0. The van der Waals surface area contributed by atoms with Crippen LogP contribution in [0.4, 0.5) is 21.5 Å². The van der Waals surface area contributed by atoms with Gasteiger partial charge < -0.3 is 10.6 Å². The first-order valence-corrected chi connectivity index (χ1v) is 6.67. The second-order valence-corrected chi connectivity index (χ2v) is 4.90. The van der Waals surface area contributed by atoms with Crippen LogP contribution < -0.4 is 10.6 Å². The molecule has 5 nitrogen and oxygen atoms in total. The topological polar surface area (TPSA) is 67.2 Å². The zero-order valence-corrected chi connectivity index (χ0v) is 11.2. The van der Waals surface area contributed by atoms with Crippen LogP contribution in [0.3, 0.4) is 0 Å². The molecular weight excluding hydrogens is 273 g/mol. The second-order valence-electron chi connectivity index (χ2n) is 4.90. The summed E-state index contributed by atoms with van der Waals surface area (Å²) in [6.07, 6.45) is 0.975. The lowest BCUT2D eigenvalue weighted by atomic mass is 10.1. The maximum atomic E-state index is 13.3. The first-order valence-electron chi connectivity index (χ1n) is 6.67. The van der Waals surface area contributed by atoms with Gasteiger partial charge in [0, 0.05) is 30.9 Å². The monoisotopic (exact) mass is 287 g/mol. The first-order chi connectivity index (χ1) is 10.1. The largest absolute Gasteiger partial charge is 0.384 e. The SMILES string of the molecule is O=[N+]([O-])c1ccc(F)cc1NCc1cccc2c1NCC2. The van der Waals surface area contributed by atoms with E-state index in [1.165, 1.54) is 11.6 Å². The molecule has 2 aromatic carbocycles. The quantitative estimate of drug-likeness (QED) is 0.668. The average molecular weight is 287 g/mol. The Morgan fingerprint density at radius 3 is 3.00 bits per heavy atom. The smallest absolute Gasteiger partial charge is 0.292 e. The van der Waals surface area contributed by atoms with Crippen LogP contribution in [0.1, 0.15) is 11.1 Å². The Hall–Kier alpha value is -2.63. The van der Waals surface area contributed by atoms with Gasteiger partial charge in [-0.2, -0.15) is 0 Å². The van der Waals surface area contributed by atoms with Crippen molar-refractivity contribution in [1.82, 2.24) is 0 Å². The number of hydrogen-bond acceptors (Lipinski definition) is 4. The van der Waals surface area contributed by atoms with Crippen LogP contribution in [0, 0.1) is 15.9 Å². The van der Waals surface area contributed by atoms with Gasteiger partial charge in [0.2, 0.25) is 0 Å². The number of para-hydroxylation sites is 1. The normalized spacial score (nSPS) is 12.6. The van der Waals surface area contributed by atoms with Crippen LogP contribution in [0.15, 0.2) is 36.4 Å². The van der Waals surface area contributed by atoms with Crippen molar-refractivity contribution in [2.75, 3.05) is 17.2 Å². The molecule has 1 aliphatic heterocycles. The van der Waals surface area contributed by atoms with E-state index in [9.17, 15) is 14.5 Å². The first kappa shape index (κ1) is 13.4. The van der Waals surface area contributed by atoms with Gasteiger partial charge in [0.25, 0.3) is 5.69 Å². The van der Waals surface area contributed by atoms with Crippen LogP contribution >= 0.6 is 0 Å². The van der Waals surface area contributed by atoms with E-state index in [0.29, 0.717) is 6.54 Å². The van der Waals surface area contributed by atoms with Gasteiger partial charge in [0.1, 0.15) is 11.5 Å². The third-order valence-corrected chi connectivity index (χ3v) is 3.56. The number of hydrogen-bond donors (Lipinski definition) is 2. The van der Waals surface area contributed by atoms with Gasteiger partial charge in [-0.3, -0.25) is 10.1 Å². The standard InChI is InChI=1S/C15H14FN3O2/c16-12-4-5-14(19(20)21)13(8-12)18-9-11-3-1-2-10-6-7-17-15(10)11/h1-5,8,17-18H,6-7,9H2. The summed E-state index contributed by atoms with van der Waals surface area (Å²) >= 11 is 0. The number of nitro groups is 1. The van der Waals surface area contributed by atoms with Gasteiger partial charge in [-0.15, -0.1) is 0 Å². The molecule has 1 aliphatic rings. The van der Waals surface area contributed by atoms with E-state index in [1.807, 2.05) is 12.1 Å². The van der Waals surface area contributed by atoms with Crippen LogP contribution in [-0.4, -0.2) is 11.5 Å². The van der Waals surface area contributed by atoms with E-state index >= 15 is 0 Å². The predicted molar refractivity (Wildman–Crippen MR) is 79.0 cm³/mol. The van der Waals surface area contributed by atoms with Crippen molar-refractivity contribution in [3.63, 3.8) is 0 Å². The molecule has 0 fully saturated rings. The van der Waals surface area contributed by atoms with Crippen LogP contribution in [0.5, 0.6) is 0 Å². The molecule has 2 N–H and O–H groups in total. The summed E-state index contributed by atoms with van der Waals surface area (Å²) in [6, 6.07) is 9.38. The Labute approximate surface area is 120 Å². The molecule has 0 unspecified atom stereocenters. The molecule has 0 amide bonds. The summed E-state index contributed by atoms with van der Waals surface area (Å²) in [5.74, 6) is -0.500. The molecule has 0 spiro atoms. The van der Waals surface area contributed by atoms with Gasteiger partial charge in [0.15, 0.2) is 0 Å². The van der Waals surface area contributed by atoms with Gasteiger partial charge in [-0.25, -0.2) is 4.39 Å². The van der Waals surface area contributed by atoms with Crippen LogP contribution in [0.25, 0.3) is 0 Å². The lowest BCUT2D eigenvalue weighted by molar-refractivity contribution is -0.384. The van der Waals surface area contributed by atoms with Crippen molar-refractivity contribution in [1.29, 1.82) is 0 Å². The molecule has 0 bridgehead atoms. The molecule has 108 valence electrons. The lowest BCUT2D eigenvalue weighted by Gasteiger charge is -2.11. The Morgan fingerprint density at radius 1 is 1.33 bits per heavy atom. The highest BCUT2D eigenvalue weighted by Crippen LogP contribution is 2.29. The number of anilines is 2. The van der Waals surface area contributed by atoms with Crippen molar-refractivity contribution in [2.45, 2.75) is 13.0 Å². The lowest BCUT2D eigenvalue weighted by Crippen LogP contribution is -2.05. The number of halogens is 1. The number of fused-ring (bicyclic) bond motifs is 1. The van der Waals surface area contributed by atoms with Crippen molar-refractivity contribution >= 4 is 17.1 Å². The van der Waals surface area contributed by atoms with E-state index in [2.05, 4.69) is 16.7 Å². The molecule has 6 heteroatoms. The minimum absolute atomic E-state index is 0.128. The number of nitro benzene ring substituents is 1. The van der Waals surface area contributed by atoms with Gasteiger partial charge >= 0.3 is 0 Å². The summed E-state index contributed by atoms with van der Waals surface area (Å²) in [6.45, 7) is 1.30. The Kier molecular flexibility index (Phi) is 3.43. The summed E-state index contributed by atoms with van der Waals surface area (Å²) < 4.78 is 13.3. The third-order valence-electron chi connectivity index (χ3n) is 3.56. The fourth-order valence-corrected chi connectivity index (χ4v) is 2.56.